The van der Waals surface area contributed by atoms with Crippen LogP contribution in [0.3, 0.4) is 0 Å². The van der Waals surface area contributed by atoms with Gasteiger partial charge in [-0.1, -0.05) is 50.0 Å². The van der Waals surface area contributed by atoms with Gasteiger partial charge in [0.25, 0.3) is 0 Å². The molecule has 0 aliphatic carbocycles. The van der Waals surface area contributed by atoms with E-state index in [-0.39, 0.29) is 0 Å². The first-order chi connectivity index (χ1) is 7.57. The molecule has 1 fully saturated rings. The van der Waals surface area contributed by atoms with Crippen molar-refractivity contribution in [2.45, 2.75) is 38.1 Å². The summed E-state index contributed by atoms with van der Waals surface area (Å²) < 4.78 is 11.3. The number of rotatable bonds is 5. The molecule has 2 nitrogen and oxygen atoms in total. The highest BCUT2D eigenvalue weighted by atomic mass is 28.3. The summed E-state index contributed by atoms with van der Waals surface area (Å²) >= 11 is 0. The van der Waals surface area contributed by atoms with Gasteiger partial charge in [-0.3, -0.25) is 0 Å². The molecule has 0 unspecified atom stereocenters. The molecule has 16 heavy (non-hydrogen) atoms. The fourth-order valence-electron chi connectivity index (χ4n) is 1.90. The van der Waals surface area contributed by atoms with Gasteiger partial charge < -0.3 is 9.47 Å². The average molecular weight is 236 g/mol. The third kappa shape index (κ3) is 3.17. The first-order valence-corrected chi connectivity index (χ1v) is 9.42. The van der Waals surface area contributed by atoms with E-state index in [0.29, 0.717) is 18.4 Å². The van der Waals surface area contributed by atoms with Crippen LogP contribution in [0.25, 0.3) is 0 Å². The molecule has 1 heterocycles. The topological polar surface area (TPSA) is 21.8 Å². The molecule has 1 aliphatic heterocycles. The second-order valence-corrected chi connectivity index (χ2v) is 10.8. The van der Waals surface area contributed by atoms with Gasteiger partial charge in [0.1, 0.15) is 6.10 Å². The lowest BCUT2D eigenvalue weighted by Crippen LogP contribution is -2.31. The third-order valence-electron chi connectivity index (χ3n) is 2.83. The Balaban J connectivity index is 1.68. The first-order valence-electron chi connectivity index (χ1n) is 5.84. The summed E-state index contributed by atoms with van der Waals surface area (Å²) in [6.07, 6.45) is 0.357. The summed E-state index contributed by atoms with van der Waals surface area (Å²) in [5, 5.41) is 0. The van der Waals surface area contributed by atoms with Crippen LogP contribution in [-0.4, -0.2) is 26.5 Å². The van der Waals surface area contributed by atoms with E-state index in [4.69, 9.17) is 9.47 Å². The zero-order valence-electron chi connectivity index (χ0n) is 10.3. The van der Waals surface area contributed by atoms with E-state index in [0.717, 1.165) is 6.61 Å². The van der Waals surface area contributed by atoms with Crippen LogP contribution in [-0.2, 0) is 16.1 Å². The van der Waals surface area contributed by atoms with Gasteiger partial charge >= 0.3 is 0 Å². The molecular weight excluding hydrogens is 216 g/mol. The molecule has 0 bridgehead atoms. The number of ether oxygens (including phenoxy) is 2. The SMILES string of the molecule is C[Si](C)(C)[C@@H]1O[C@H]1COCc1ccccc1. The molecule has 0 radical (unpaired) electrons. The van der Waals surface area contributed by atoms with E-state index in [1.165, 1.54) is 5.56 Å². The maximum Gasteiger partial charge on any atom is 0.104 e. The van der Waals surface area contributed by atoms with Crippen LogP contribution in [0.2, 0.25) is 19.6 Å². The number of hydrogen-bond donors (Lipinski definition) is 0. The second-order valence-electron chi connectivity index (χ2n) is 5.46. The third-order valence-corrected chi connectivity index (χ3v) is 5.04. The number of epoxide rings is 1. The Kier molecular flexibility index (Phi) is 3.47. The van der Waals surface area contributed by atoms with Crippen molar-refractivity contribution in [1.82, 2.24) is 0 Å². The molecule has 1 aliphatic rings. The van der Waals surface area contributed by atoms with Gasteiger partial charge in [0, 0.05) is 0 Å². The lowest BCUT2D eigenvalue weighted by Gasteiger charge is -2.11. The Morgan fingerprint density at radius 1 is 1.19 bits per heavy atom. The molecule has 0 aromatic heterocycles. The zero-order chi connectivity index (χ0) is 11.6. The van der Waals surface area contributed by atoms with E-state index in [9.17, 15) is 0 Å². The summed E-state index contributed by atoms with van der Waals surface area (Å²) in [6, 6.07) is 10.3. The predicted octanol–water partition coefficient (Wildman–Crippen LogP) is 2.85. The monoisotopic (exact) mass is 236 g/mol. The maximum absolute atomic E-state index is 5.67. The summed E-state index contributed by atoms with van der Waals surface area (Å²) in [6.45, 7) is 8.46. The van der Waals surface area contributed by atoms with Gasteiger partial charge in [0.15, 0.2) is 0 Å². The molecular formula is C13H20O2Si. The molecule has 1 aromatic rings. The predicted molar refractivity (Wildman–Crippen MR) is 68.1 cm³/mol. The average Bonchev–Trinajstić information content (AvgIpc) is 2.98. The first kappa shape index (κ1) is 11.8. The van der Waals surface area contributed by atoms with Crippen molar-refractivity contribution in [3.8, 4) is 0 Å². The van der Waals surface area contributed by atoms with Gasteiger partial charge in [-0.15, -0.1) is 0 Å². The molecule has 1 saturated heterocycles. The standard InChI is InChI=1S/C13H20O2Si/c1-16(2,3)13-12(15-13)10-14-9-11-7-5-4-6-8-11/h4-8,12-13H,9-10H2,1-3H3/t12-,13-/m0/s1. The Hall–Kier alpha value is -0.643. The van der Waals surface area contributed by atoms with Crippen molar-refractivity contribution in [3.05, 3.63) is 35.9 Å². The quantitative estimate of drug-likeness (QED) is 0.579. The van der Waals surface area contributed by atoms with Crippen molar-refractivity contribution in [1.29, 1.82) is 0 Å². The smallest absolute Gasteiger partial charge is 0.104 e. The van der Waals surface area contributed by atoms with Crippen LogP contribution in [0.5, 0.6) is 0 Å². The Labute approximate surface area is 98.6 Å². The van der Waals surface area contributed by atoms with Crippen LogP contribution >= 0.6 is 0 Å². The fraction of sp³-hybridized carbons (Fsp3) is 0.538. The molecule has 2 rings (SSSR count). The summed E-state index contributed by atoms with van der Waals surface area (Å²) in [4.78, 5) is 0. The molecule has 1 aromatic carbocycles. The lowest BCUT2D eigenvalue weighted by atomic mass is 10.2. The second kappa shape index (κ2) is 4.70. The highest BCUT2D eigenvalue weighted by molar-refractivity contribution is 6.78. The highest BCUT2D eigenvalue weighted by Gasteiger charge is 2.48. The van der Waals surface area contributed by atoms with E-state index >= 15 is 0 Å². The number of benzene rings is 1. The largest absolute Gasteiger partial charge is 0.374 e. The number of hydrogen-bond acceptors (Lipinski definition) is 2. The Morgan fingerprint density at radius 2 is 1.88 bits per heavy atom. The van der Waals surface area contributed by atoms with Gasteiger partial charge in [-0.25, -0.2) is 0 Å². The van der Waals surface area contributed by atoms with Crippen LogP contribution < -0.4 is 0 Å². The van der Waals surface area contributed by atoms with Crippen molar-refractivity contribution in [2.75, 3.05) is 6.61 Å². The maximum atomic E-state index is 5.67. The molecule has 0 amide bonds. The normalized spacial score (nSPS) is 24.4. The van der Waals surface area contributed by atoms with E-state index in [1.807, 2.05) is 18.2 Å². The van der Waals surface area contributed by atoms with Gasteiger partial charge in [-0.05, 0) is 5.56 Å². The molecule has 88 valence electrons. The molecule has 3 heteroatoms. The zero-order valence-corrected chi connectivity index (χ0v) is 11.3. The van der Waals surface area contributed by atoms with Crippen LogP contribution in [0, 0.1) is 0 Å². The molecule has 0 spiro atoms. The fourth-order valence-corrected chi connectivity index (χ4v) is 3.69. The van der Waals surface area contributed by atoms with E-state index in [2.05, 4.69) is 31.8 Å². The van der Waals surface area contributed by atoms with Crippen molar-refractivity contribution >= 4 is 8.07 Å². The minimum Gasteiger partial charge on any atom is -0.374 e. The molecule has 0 N–H and O–H groups in total. The lowest BCUT2D eigenvalue weighted by molar-refractivity contribution is 0.104. The van der Waals surface area contributed by atoms with Crippen LogP contribution in [0.4, 0.5) is 0 Å². The van der Waals surface area contributed by atoms with Crippen LogP contribution in [0.1, 0.15) is 5.56 Å². The molecule has 2 atom stereocenters. The van der Waals surface area contributed by atoms with Crippen molar-refractivity contribution < 1.29 is 9.47 Å². The van der Waals surface area contributed by atoms with E-state index in [1.54, 1.807) is 0 Å². The Bertz CT molecular complexity index is 332. The van der Waals surface area contributed by atoms with Gasteiger partial charge in [0.2, 0.25) is 0 Å². The summed E-state index contributed by atoms with van der Waals surface area (Å²) in [7, 11) is -1.12. The van der Waals surface area contributed by atoms with Gasteiger partial charge in [-0.2, -0.15) is 0 Å². The Morgan fingerprint density at radius 3 is 2.44 bits per heavy atom. The summed E-state index contributed by atoms with van der Waals surface area (Å²) in [5.74, 6) is 0. The molecule has 0 saturated carbocycles. The van der Waals surface area contributed by atoms with Crippen molar-refractivity contribution in [3.63, 3.8) is 0 Å². The minimum atomic E-state index is -1.12. The van der Waals surface area contributed by atoms with Crippen LogP contribution in [0.15, 0.2) is 30.3 Å². The van der Waals surface area contributed by atoms with Crippen molar-refractivity contribution in [2.24, 2.45) is 0 Å². The van der Waals surface area contributed by atoms with E-state index < -0.39 is 8.07 Å². The highest BCUT2D eigenvalue weighted by Crippen LogP contribution is 2.31. The summed E-state index contributed by atoms with van der Waals surface area (Å²) in [5.41, 5.74) is 1.73. The minimum absolute atomic E-state index is 0.357. The van der Waals surface area contributed by atoms with Gasteiger partial charge in [0.05, 0.1) is 27.0 Å².